The minimum Gasteiger partial charge on any atom is -0.486 e. The van der Waals surface area contributed by atoms with Crippen LogP contribution in [0.5, 0.6) is 11.5 Å². The molecule has 2 aliphatic rings. The summed E-state index contributed by atoms with van der Waals surface area (Å²) in [6, 6.07) is 3.38. The Morgan fingerprint density at radius 1 is 1.20 bits per heavy atom. The lowest BCUT2D eigenvalue weighted by atomic mass is 10.0. The molecule has 2 heterocycles. The van der Waals surface area contributed by atoms with Gasteiger partial charge < -0.3 is 20.1 Å². The van der Waals surface area contributed by atoms with Gasteiger partial charge in [-0.15, -0.1) is 0 Å². The molecule has 0 spiro atoms. The predicted molar refractivity (Wildman–Crippen MR) is 74.7 cm³/mol. The van der Waals surface area contributed by atoms with Gasteiger partial charge in [-0.2, -0.15) is 0 Å². The Morgan fingerprint density at radius 3 is 2.75 bits per heavy atom. The number of benzene rings is 1. The van der Waals surface area contributed by atoms with Crippen LogP contribution in [-0.4, -0.2) is 43.8 Å². The third-order valence-corrected chi connectivity index (χ3v) is 3.85. The van der Waals surface area contributed by atoms with E-state index in [0.717, 1.165) is 25.2 Å². The van der Waals surface area contributed by atoms with Gasteiger partial charge in [-0.3, -0.25) is 0 Å². The molecular formula is C15H21FN2O2. The highest BCUT2D eigenvalue weighted by Gasteiger charge is 2.20. The van der Waals surface area contributed by atoms with Crippen LogP contribution in [0.4, 0.5) is 4.39 Å². The molecular weight excluding hydrogens is 259 g/mol. The fourth-order valence-electron chi connectivity index (χ4n) is 2.95. The van der Waals surface area contributed by atoms with Gasteiger partial charge in [-0.1, -0.05) is 0 Å². The molecule has 1 aromatic rings. The lowest BCUT2D eigenvalue weighted by Crippen LogP contribution is -2.37. The lowest BCUT2D eigenvalue weighted by molar-refractivity contribution is 0.164. The van der Waals surface area contributed by atoms with Gasteiger partial charge in [0.05, 0.1) is 0 Å². The standard InChI is InChI=1S/C15H21FN2O2/c16-13-8-11(9-14-15(13)20-6-5-19-14)7-12(17)10-18-3-1-2-4-18/h8-9,12H,1-7,10,17H2. The van der Waals surface area contributed by atoms with E-state index in [-0.39, 0.29) is 17.6 Å². The molecule has 0 bridgehead atoms. The lowest BCUT2D eigenvalue weighted by Gasteiger charge is -2.22. The van der Waals surface area contributed by atoms with Crippen molar-refractivity contribution in [2.75, 3.05) is 32.8 Å². The Kier molecular flexibility index (Phi) is 4.08. The van der Waals surface area contributed by atoms with Crippen molar-refractivity contribution in [1.82, 2.24) is 4.90 Å². The van der Waals surface area contributed by atoms with Crippen molar-refractivity contribution in [2.45, 2.75) is 25.3 Å². The van der Waals surface area contributed by atoms with E-state index in [9.17, 15) is 4.39 Å². The Hall–Kier alpha value is -1.33. The molecule has 0 amide bonds. The van der Waals surface area contributed by atoms with Crippen LogP contribution < -0.4 is 15.2 Å². The van der Waals surface area contributed by atoms with Gasteiger partial charge in [0.2, 0.25) is 0 Å². The number of rotatable bonds is 4. The van der Waals surface area contributed by atoms with Gasteiger partial charge in [0.25, 0.3) is 0 Å². The van der Waals surface area contributed by atoms with E-state index in [1.54, 1.807) is 0 Å². The van der Waals surface area contributed by atoms with Crippen molar-refractivity contribution in [3.63, 3.8) is 0 Å². The minimum atomic E-state index is -0.356. The van der Waals surface area contributed by atoms with E-state index in [1.807, 2.05) is 6.07 Å². The van der Waals surface area contributed by atoms with Crippen LogP contribution in [0.1, 0.15) is 18.4 Å². The molecule has 2 aliphatic heterocycles. The zero-order chi connectivity index (χ0) is 13.9. The number of nitrogens with two attached hydrogens (primary N) is 1. The molecule has 1 fully saturated rings. The summed E-state index contributed by atoms with van der Waals surface area (Å²) in [6.07, 6.45) is 3.17. The maximum Gasteiger partial charge on any atom is 0.197 e. The monoisotopic (exact) mass is 280 g/mol. The highest BCUT2D eigenvalue weighted by atomic mass is 19.1. The Bertz CT molecular complexity index is 475. The summed E-state index contributed by atoms with van der Waals surface area (Å²) < 4.78 is 24.7. The van der Waals surface area contributed by atoms with Gasteiger partial charge in [0.15, 0.2) is 17.3 Å². The molecule has 3 rings (SSSR count). The van der Waals surface area contributed by atoms with E-state index < -0.39 is 0 Å². The SMILES string of the molecule is NC(Cc1cc(F)c2c(c1)OCCO2)CN1CCCC1. The average Bonchev–Trinajstić information content (AvgIpc) is 2.91. The molecule has 20 heavy (non-hydrogen) atoms. The van der Waals surface area contributed by atoms with Crippen molar-refractivity contribution in [3.05, 3.63) is 23.5 Å². The van der Waals surface area contributed by atoms with Crippen molar-refractivity contribution in [2.24, 2.45) is 5.73 Å². The first-order valence-corrected chi connectivity index (χ1v) is 7.28. The van der Waals surface area contributed by atoms with Crippen LogP contribution in [0.2, 0.25) is 0 Å². The highest BCUT2D eigenvalue weighted by molar-refractivity contribution is 5.45. The van der Waals surface area contributed by atoms with Crippen LogP contribution in [-0.2, 0) is 6.42 Å². The maximum atomic E-state index is 13.9. The number of hydrogen-bond acceptors (Lipinski definition) is 4. The van der Waals surface area contributed by atoms with Gasteiger partial charge in [0, 0.05) is 12.6 Å². The first-order valence-electron chi connectivity index (χ1n) is 7.28. The number of hydrogen-bond donors (Lipinski definition) is 1. The van der Waals surface area contributed by atoms with Crippen LogP contribution in [0.15, 0.2) is 12.1 Å². The molecule has 1 unspecified atom stereocenters. The summed E-state index contributed by atoms with van der Waals surface area (Å²) in [5, 5.41) is 0. The zero-order valence-corrected chi connectivity index (χ0v) is 11.6. The molecule has 1 atom stereocenters. The van der Waals surface area contributed by atoms with Gasteiger partial charge >= 0.3 is 0 Å². The molecule has 5 heteroatoms. The Labute approximate surface area is 118 Å². The largest absolute Gasteiger partial charge is 0.486 e. The highest BCUT2D eigenvalue weighted by Crippen LogP contribution is 2.34. The van der Waals surface area contributed by atoms with Gasteiger partial charge in [-0.25, -0.2) is 4.39 Å². The smallest absolute Gasteiger partial charge is 0.197 e. The van der Waals surface area contributed by atoms with Gasteiger partial charge in [0.1, 0.15) is 13.2 Å². The first-order chi connectivity index (χ1) is 9.72. The zero-order valence-electron chi connectivity index (χ0n) is 11.6. The third kappa shape index (κ3) is 3.04. The topological polar surface area (TPSA) is 47.7 Å². The van der Waals surface area contributed by atoms with Crippen molar-refractivity contribution < 1.29 is 13.9 Å². The van der Waals surface area contributed by atoms with Crippen LogP contribution >= 0.6 is 0 Å². The number of likely N-dealkylation sites (tertiary alicyclic amines) is 1. The van der Waals surface area contributed by atoms with E-state index in [1.165, 1.54) is 18.9 Å². The Morgan fingerprint density at radius 2 is 1.95 bits per heavy atom. The number of halogens is 1. The van der Waals surface area contributed by atoms with Crippen LogP contribution in [0, 0.1) is 5.82 Å². The second-order valence-electron chi connectivity index (χ2n) is 5.57. The molecule has 1 aromatic carbocycles. The summed E-state index contributed by atoms with van der Waals surface area (Å²) in [4.78, 5) is 2.37. The van der Waals surface area contributed by atoms with E-state index >= 15 is 0 Å². The maximum absolute atomic E-state index is 13.9. The molecule has 4 nitrogen and oxygen atoms in total. The number of fused-ring (bicyclic) bond motifs is 1. The normalized spacial score (nSPS) is 20.1. The number of nitrogens with zero attached hydrogens (tertiary/aromatic N) is 1. The van der Waals surface area contributed by atoms with E-state index in [2.05, 4.69) is 4.90 Å². The molecule has 0 saturated carbocycles. The fraction of sp³-hybridized carbons (Fsp3) is 0.600. The van der Waals surface area contributed by atoms with E-state index in [4.69, 9.17) is 15.2 Å². The average molecular weight is 280 g/mol. The summed E-state index contributed by atoms with van der Waals surface area (Å²) in [5.74, 6) is 0.373. The van der Waals surface area contributed by atoms with Crippen LogP contribution in [0.3, 0.4) is 0 Å². The molecule has 110 valence electrons. The van der Waals surface area contributed by atoms with E-state index in [0.29, 0.717) is 25.4 Å². The quantitative estimate of drug-likeness (QED) is 0.909. The Balaban J connectivity index is 1.66. The molecule has 1 saturated heterocycles. The van der Waals surface area contributed by atoms with Crippen molar-refractivity contribution in [1.29, 1.82) is 0 Å². The second-order valence-corrected chi connectivity index (χ2v) is 5.57. The molecule has 0 aromatic heterocycles. The summed E-state index contributed by atoms with van der Waals surface area (Å²) in [7, 11) is 0. The van der Waals surface area contributed by atoms with Gasteiger partial charge in [-0.05, 0) is 50.0 Å². The molecule has 2 N–H and O–H groups in total. The summed E-state index contributed by atoms with van der Waals surface area (Å²) in [5.41, 5.74) is 7.05. The van der Waals surface area contributed by atoms with Crippen LogP contribution in [0.25, 0.3) is 0 Å². The third-order valence-electron chi connectivity index (χ3n) is 3.85. The summed E-state index contributed by atoms with van der Waals surface area (Å²) >= 11 is 0. The number of ether oxygens (including phenoxy) is 2. The molecule has 0 aliphatic carbocycles. The minimum absolute atomic E-state index is 0.0232. The molecule has 0 radical (unpaired) electrons. The second kappa shape index (κ2) is 5.97. The first kappa shape index (κ1) is 13.6. The fourth-order valence-corrected chi connectivity index (χ4v) is 2.95. The summed E-state index contributed by atoms with van der Waals surface area (Å²) in [6.45, 7) is 4.00. The van der Waals surface area contributed by atoms with Crippen molar-refractivity contribution in [3.8, 4) is 11.5 Å². The predicted octanol–water partition coefficient (Wildman–Crippen LogP) is 1.56. The van der Waals surface area contributed by atoms with Crippen molar-refractivity contribution >= 4 is 0 Å².